The molecule has 2 atom stereocenters. The molecule has 0 radical (unpaired) electrons. The van der Waals surface area contributed by atoms with Crippen LogP contribution in [-0.2, 0) is 9.47 Å². The van der Waals surface area contributed by atoms with E-state index in [1.165, 1.54) is 7.05 Å². The maximum Gasteiger partial charge on any atom is 0.414 e. The number of benzene rings is 1. The summed E-state index contributed by atoms with van der Waals surface area (Å²) in [5.74, 6) is -2.19. The van der Waals surface area contributed by atoms with E-state index >= 15 is 8.78 Å². The number of hydrogen-bond acceptors (Lipinski definition) is 8. The van der Waals surface area contributed by atoms with Gasteiger partial charge in [-0.05, 0) is 54.4 Å². The molecule has 12 nitrogen and oxygen atoms in total. The zero-order valence-corrected chi connectivity index (χ0v) is 27.9. The van der Waals surface area contributed by atoms with Crippen molar-refractivity contribution in [2.75, 3.05) is 29.9 Å². The summed E-state index contributed by atoms with van der Waals surface area (Å²) < 4.78 is 44.2. The highest BCUT2D eigenvalue weighted by molar-refractivity contribution is 6.19. The van der Waals surface area contributed by atoms with Crippen molar-refractivity contribution >= 4 is 51.1 Å². The molecule has 1 saturated carbocycles. The molecule has 1 spiro atoms. The van der Waals surface area contributed by atoms with Crippen LogP contribution < -0.4 is 15.1 Å². The predicted molar refractivity (Wildman–Crippen MR) is 177 cm³/mol. The van der Waals surface area contributed by atoms with Crippen LogP contribution in [0.3, 0.4) is 0 Å². The molecule has 0 bridgehead atoms. The molecule has 4 aromatic heterocycles. The van der Waals surface area contributed by atoms with E-state index in [9.17, 15) is 9.59 Å². The Hall–Kier alpha value is -5.01. The van der Waals surface area contributed by atoms with Gasteiger partial charge in [-0.25, -0.2) is 32.9 Å². The number of ether oxygens (including phenoxy) is 2. The average molecular weight is 661 g/mol. The lowest BCUT2D eigenvalue weighted by atomic mass is 10.0. The third-order valence-corrected chi connectivity index (χ3v) is 8.91. The topological polar surface area (TPSA) is 130 Å². The standard InChI is InChI=1S/C34H38F2N8O4/c1-32(2,3)47-30(45)40-22-13-34(22)9-11-43(17-34)28-19(18-14-37-23-8-10-39-44(23)16-18)15-38-29-25(28)24-26(36)20(35)12-21(27(24)41-29)42(7)31(46)48-33(4,5)6/h8,10,12,14-16,22H,9,11,13,17H2,1-7H3,(H,38,41)(H,40,45). The Balaban J connectivity index is 1.37. The summed E-state index contributed by atoms with van der Waals surface area (Å²) in [6.07, 6.45) is 7.17. The van der Waals surface area contributed by atoms with Crippen LogP contribution in [0, 0.1) is 17.0 Å². The fourth-order valence-corrected chi connectivity index (χ4v) is 6.65. The number of fused-ring (bicyclic) bond motifs is 4. The molecule has 5 heterocycles. The first-order valence-electron chi connectivity index (χ1n) is 15.9. The van der Waals surface area contributed by atoms with Gasteiger partial charge in [0.2, 0.25) is 0 Å². The minimum Gasteiger partial charge on any atom is -0.444 e. The lowest BCUT2D eigenvalue weighted by Gasteiger charge is -2.25. The van der Waals surface area contributed by atoms with E-state index in [0.29, 0.717) is 46.6 Å². The van der Waals surface area contributed by atoms with Gasteiger partial charge in [-0.2, -0.15) is 5.10 Å². The fraction of sp³-hybridized carbons (Fsp3) is 0.441. The Bertz CT molecular complexity index is 2110. The molecule has 48 heavy (non-hydrogen) atoms. The smallest absolute Gasteiger partial charge is 0.414 e. The molecule has 252 valence electrons. The van der Waals surface area contributed by atoms with E-state index in [2.05, 4.69) is 30.3 Å². The molecule has 1 aliphatic heterocycles. The highest BCUT2D eigenvalue weighted by Gasteiger charge is 2.59. The summed E-state index contributed by atoms with van der Waals surface area (Å²) in [6, 6.07) is 2.67. The molecule has 1 saturated heterocycles. The summed E-state index contributed by atoms with van der Waals surface area (Å²) in [5, 5.41) is 7.68. The van der Waals surface area contributed by atoms with Gasteiger partial charge in [0.25, 0.3) is 0 Å². The number of anilines is 2. The number of aromatic nitrogens is 5. The molecular formula is C34H38F2N8O4. The van der Waals surface area contributed by atoms with E-state index < -0.39 is 35.0 Å². The van der Waals surface area contributed by atoms with Gasteiger partial charge in [0.1, 0.15) is 16.8 Å². The largest absolute Gasteiger partial charge is 0.444 e. The van der Waals surface area contributed by atoms with Crippen molar-refractivity contribution < 1.29 is 27.8 Å². The number of carbonyl (C=O) groups excluding carboxylic acids is 2. The van der Waals surface area contributed by atoms with Crippen molar-refractivity contribution in [1.29, 1.82) is 0 Å². The molecule has 2 aliphatic rings. The van der Waals surface area contributed by atoms with Crippen LogP contribution in [0.15, 0.2) is 36.9 Å². The minimum absolute atomic E-state index is 0.0342. The van der Waals surface area contributed by atoms with Gasteiger partial charge in [-0.1, -0.05) is 0 Å². The Morgan fingerprint density at radius 3 is 2.56 bits per heavy atom. The van der Waals surface area contributed by atoms with Crippen molar-refractivity contribution in [2.45, 2.75) is 71.6 Å². The maximum atomic E-state index is 16.1. The summed E-state index contributed by atoms with van der Waals surface area (Å²) in [5.41, 5.74) is 1.59. The van der Waals surface area contributed by atoms with Crippen LogP contribution in [0.4, 0.5) is 29.7 Å². The second-order valence-electron chi connectivity index (χ2n) is 14.8. The summed E-state index contributed by atoms with van der Waals surface area (Å²) in [4.78, 5) is 41.4. The monoisotopic (exact) mass is 660 g/mol. The van der Waals surface area contributed by atoms with Gasteiger partial charge in [0.05, 0.1) is 33.9 Å². The number of halogens is 2. The molecule has 14 heteroatoms. The predicted octanol–water partition coefficient (Wildman–Crippen LogP) is 6.57. The number of pyridine rings is 1. The van der Waals surface area contributed by atoms with Gasteiger partial charge >= 0.3 is 12.2 Å². The maximum absolute atomic E-state index is 16.1. The third-order valence-electron chi connectivity index (χ3n) is 8.91. The van der Waals surface area contributed by atoms with Gasteiger partial charge < -0.3 is 24.7 Å². The SMILES string of the molecule is CN(C(=O)OC(C)(C)C)c1cc(F)c(F)c2c1[nH]c1ncc(-c3cnc4ccnn4c3)c(N3CCC4(CC4NC(=O)OC(C)(C)C)C3)c12. The van der Waals surface area contributed by atoms with Gasteiger partial charge in [-0.15, -0.1) is 0 Å². The van der Waals surface area contributed by atoms with Crippen LogP contribution >= 0.6 is 0 Å². The number of H-pyrrole nitrogens is 1. The number of nitrogens with one attached hydrogen (secondary N) is 2. The van der Waals surface area contributed by atoms with Gasteiger partial charge in [0, 0.05) is 73.4 Å². The number of amides is 2. The van der Waals surface area contributed by atoms with Crippen molar-refractivity contribution in [3.05, 3.63) is 48.6 Å². The number of alkyl carbamates (subject to hydrolysis) is 1. The molecule has 7 rings (SSSR count). The molecule has 2 amide bonds. The lowest BCUT2D eigenvalue weighted by molar-refractivity contribution is 0.0515. The summed E-state index contributed by atoms with van der Waals surface area (Å²) in [7, 11) is 1.45. The molecule has 2 fully saturated rings. The molecular weight excluding hydrogens is 622 g/mol. The minimum atomic E-state index is -1.12. The third kappa shape index (κ3) is 5.52. The zero-order chi connectivity index (χ0) is 34.3. The number of carbonyl (C=O) groups is 2. The molecule has 2 unspecified atom stereocenters. The van der Waals surface area contributed by atoms with Crippen molar-refractivity contribution in [1.82, 2.24) is 29.9 Å². The van der Waals surface area contributed by atoms with E-state index in [1.54, 1.807) is 49.9 Å². The second-order valence-corrected chi connectivity index (χ2v) is 14.8. The van der Waals surface area contributed by atoms with Gasteiger partial charge in [-0.3, -0.25) is 4.90 Å². The fourth-order valence-electron chi connectivity index (χ4n) is 6.65. The highest BCUT2D eigenvalue weighted by Crippen LogP contribution is 2.55. The highest BCUT2D eigenvalue weighted by atomic mass is 19.2. The van der Waals surface area contributed by atoms with Gasteiger partial charge in [0.15, 0.2) is 17.3 Å². The number of nitrogens with zero attached hydrogens (tertiary/aromatic N) is 6. The first-order chi connectivity index (χ1) is 22.5. The Morgan fingerprint density at radius 2 is 1.83 bits per heavy atom. The number of aromatic amines is 1. The zero-order valence-electron chi connectivity index (χ0n) is 27.9. The van der Waals surface area contributed by atoms with Crippen molar-refractivity contribution in [3.8, 4) is 11.1 Å². The van der Waals surface area contributed by atoms with E-state index in [1.807, 2.05) is 27.0 Å². The molecule has 1 aliphatic carbocycles. The van der Waals surface area contributed by atoms with Crippen LogP contribution in [0.1, 0.15) is 54.4 Å². The quantitative estimate of drug-likeness (QED) is 0.222. The first-order valence-corrected chi connectivity index (χ1v) is 15.9. The Morgan fingerprint density at radius 1 is 1.08 bits per heavy atom. The Kier molecular flexibility index (Phi) is 7.08. The van der Waals surface area contributed by atoms with Crippen molar-refractivity contribution in [2.24, 2.45) is 5.41 Å². The average Bonchev–Trinajstić information content (AvgIpc) is 3.39. The molecule has 2 N–H and O–H groups in total. The normalized spacial score (nSPS) is 19.4. The van der Waals surface area contributed by atoms with E-state index in [-0.39, 0.29) is 28.0 Å². The molecule has 1 aromatic carbocycles. The summed E-state index contributed by atoms with van der Waals surface area (Å²) in [6.45, 7) is 11.8. The molecule has 5 aromatic rings. The Labute approximate surface area is 275 Å². The van der Waals surface area contributed by atoms with Crippen molar-refractivity contribution in [3.63, 3.8) is 0 Å². The van der Waals surface area contributed by atoms with Crippen LogP contribution in [-0.4, -0.2) is 74.1 Å². The van der Waals surface area contributed by atoms with Crippen LogP contribution in [0.25, 0.3) is 38.7 Å². The lowest BCUT2D eigenvalue weighted by Crippen LogP contribution is -2.36. The first kappa shape index (κ1) is 31.6. The van der Waals surface area contributed by atoms with E-state index in [0.717, 1.165) is 23.8 Å². The summed E-state index contributed by atoms with van der Waals surface area (Å²) >= 11 is 0. The van der Waals surface area contributed by atoms with E-state index in [4.69, 9.17) is 9.47 Å². The van der Waals surface area contributed by atoms with Crippen LogP contribution in [0.5, 0.6) is 0 Å². The van der Waals surface area contributed by atoms with Crippen LogP contribution in [0.2, 0.25) is 0 Å². The second kappa shape index (κ2) is 10.8. The number of rotatable bonds is 4. The number of hydrogen-bond donors (Lipinski definition) is 2.